The number of nitriles is 1. The number of aromatic nitrogens is 1. The fraction of sp³-hybridized carbons (Fsp3) is 0.167. The lowest BCUT2D eigenvalue weighted by molar-refractivity contribution is 0.485. The van der Waals surface area contributed by atoms with Crippen LogP contribution in [0.5, 0.6) is 0 Å². The highest BCUT2D eigenvalue weighted by Gasteiger charge is 2.32. The maximum atomic E-state index is 14.6. The largest absolute Gasteiger partial charge is 0.593 e. The highest BCUT2D eigenvalue weighted by Crippen LogP contribution is 2.31. The molecule has 3 rings (SSSR count). The molecule has 2 heterocycles. The summed E-state index contributed by atoms with van der Waals surface area (Å²) in [7, 11) is 1.46. The van der Waals surface area contributed by atoms with Gasteiger partial charge in [0.1, 0.15) is 17.8 Å². The van der Waals surface area contributed by atoms with E-state index in [0.717, 1.165) is 18.3 Å². The van der Waals surface area contributed by atoms with Gasteiger partial charge in [-0.15, -0.1) is 0 Å². The van der Waals surface area contributed by atoms with Crippen molar-refractivity contribution in [3.63, 3.8) is 0 Å². The monoisotopic (exact) mass is 439 g/mol. The number of nitrogens with zero attached hydrogens (tertiary/aromatic N) is 4. The zero-order valence-corrected chi connectivity index (χ0v) is 16.4. The molecular formula is C18H13ClF3N5OS. The smallest absolute Gasteiger partial charge is 0.234 e. The summed E-state index contributed by atoms with van der Waals surface area (Å²) in [4.78, 5) is 7.82. The Bertz CT molecular complexity index is 1070. The third-order valence-corrected chi connectivity index (χ3v) is 5.83. The third kappa shape index (κ3) is 4.32. The van der Waals surface area contributed by atoms with Crippen molar-refractivity contribution in [2.75, 3.05) is 12.8 Å². The lowest BCUT2D eigenvalue weighted by Gasteiger charge is -2.28. The standard InChI is InChI=1S/C18H13ClF3N5OS/c1-27-18(24)26-15(8-29(27)28)11-2-9(4-13(20)16(11)22)5-14(21)17-12(19)3-10(6-23)7-25-17/h2-5,7,15H,8H2,1H3,(H2,24,26)/b14-5-. The van der Waals surface area contributed by atoms with Crippen LogP contribution < -0.4 is 5.73 Å². The molecule has 0 spiro atoms. The van der Waals surface area contributed by atoms with Gasteiger partial charge in [0.15, 0.2) is 23.2 Å². The van der Waals surface area contributed by atoms with Crippen molar-refractivity contribution in [3.05, 3.63) is 63.4 Å². The van der Waals surface area contributed by atoms with E-state index in [2.05, 4.69) is 9.98 Å². The van der Waals surface area contributed by atoms with Crippen molar-refractivity contribution in [3.8, 4) is 6.07 Å². The summed E-state index contributed by atoms with van der Waals surface area (Å²) in [6, 6.07) is 4.06. The molecule has 2 aromatic rings. The van der Waals surface area contributed by atoms with Crippen molar-refractivity contribution in [1.82, 2.24) is 9.29 Å². The highest BCUT2D eigenvalue weighted by molar-refractivity contribution is 7.89. The number of hydrogen-bond acceptors (Lipinski definition) is 6. The predicted octanol–water partition coefficient (Wildman–Crippen LogP) is 3.32. The number of rotatable bonds is 3. The minimum absolute atomic E-state index is 0.0166. The summed E-state index contributed by atoms with van der Waals surface area (Å²) in [5.74, 6) is -3.50. The van der Waals surface area contributed by atoms with E-state index in [0.29, 0.717) is 0 Å². The van der Waals surface area contributed by atoms with Crippen LogP contribution in [0, 0.1) is 23.0 Å². The molecule has 2 N–H and O–H groups in total. The zero-order valence-electron chi connectivity index (χ0n) is 14.9. The maximum absolute atomic E-state index is 14.6. The quantitative estimate of drug-likeness (QED) is 0.739. The molecule has 0 saturated heterocycles. The van der Waals surface area contributed by atoms with Crippen LogP contribution in [0.4, 0.5) is 13.2 Å². The van der Waals surface area contributed by atoms with E-state index in [1.165, 1.54) is 23.5 Å². The first-order valence-corrected chi connectivity index (χ1v) is 9.74. The van der Waals surface area contributed by atoms with Crippen molar-refractivity contribution in [2.45, 2.75) is 6.04 Å². The third-order valence-electron chi connectivity index (χ3n) is 4.14. The number of hydrogen-bond donors (Lipinski definition) is 1. The zero-order chi connectivity index (χ0) is 21.3. The molecule has 29 heavy (non-hydrogen) atoms. The fourth-order valence-corrected chi connectivity index (χ4v) is 3.90. The van der Waals surface area contributed by atoms with Crippen LogP contribution >= 0.6 is 11.6 Å². The van der Waals surface area contributed by atoms with Crippen molar-refractivity contribution >= 4 is 40.8 Å². The van der Waals surface area contributed by atoms with E-state index < -0.39 is 34.9 Å². The Hall–Kier alpha value is -2.74. The molecule has 1 aromatic heterocycles. The van der Waals surface area contributed by atoms with E-state index in [-0.39, 0.29) is 39.1 Å². The second-order valence-electron chi connectivity index (χ2n) is 6.05. The first-order chi connectivity index (χ1) is 13.7. The summed E-state index contributed by atoms with van der Waals surface area (Å²) < 4.78 is 56.4. The van der Waals surface area contributed by atoms with E-state index in [9.17, 15) is 17.7 Å². The highest BCUT2D eigenvalue weighted by atomic mass is 35.5. The molecule has 11 heteroatoms. The van der Waals surface area contributed by atoms with Crippen LogP contribution in [0.15, 0.2) is 29.4 Å². The first-order valence-electron chi connectivity index (χ1n) is 8.09. The van der Waals surface area contributed by atoms with Gasteiger partial charge in [0.05, 0.1) is 29.0 Å². The van der Waals surface area contributed by atoms with Crippen LogP contribution in [-0.2, 0) is 11.4 Å². The molecule has 1 aliphatic rings. The van der Waals surface area contributed by atoms with Crippen molar-refractivity contribution in [2.24, 2.45) is 10.7 Å². The van der Waals surface area contributed by atoms with Crippen LogP contribution in [0.1, 0.15) is 28.4 Å². The molecule has 6 nitrogen and oxygen atoms in total. The summed E-state index contributed by atoms with van der Waals surface area (Å²) >= 11 is 4.36. The number of aliphatic imine (C=N–C) groups is 1. The van der Waals surface area contributed by atoms with Gasteiger partial charge >= 0.3 is 0 Å². The average Bonchev–Trinajstić information content (AvgIpc) is 2.68. The molecule has 0 radical (unpaired) electrons. The molecule has 1 aliphatic heterocycles. The second-order valence-corrected chi connectivity index (χ2v) is 7.98. The van der Waals surface area contributed by atoms with Gasteiger partial charge in [0.2, 0.25) is 5.96 Å². The van der Waals surface area contributed by atoms with E-state index in [1.54, 1.807) is 0 Å². The lowest BCUT2D eigenvalue weighted by Crippen LogP contribution is -2.45. The van der Waals surface area contributed by atoms with E-state index in [4.69, 9.17) is 22.6 Å². The van der Waals surface area contributed by atoms with Crippen LogP contribution in [0.3, 0.4) is 0 Å². The Morgan fingerprint density at radius 2 is 2.17 bits per heavy atom. The predicted molar refractivity (Wildman–Crippen MR) is 104 cm³/mol. The Kier molecular flexibility index (Phi) is 6.02. The summed E-state index contributed by atoms with van der Waals surface area (Å²) in [5, 5.41) is 8.71. The molecule has 0 aliphatic carbocycles. The molecule has 2 atom stereocenters. The van der Waals surface area contributed by atoms with E-state index >= 15 is 0 Å². The second kappa shape index (κ2) is 8.32. The Morgan fingerprint density at radius 1 is 1.45 bits per heavy atom. The Morgan fingerprint density at radius 3 is 2.79 bits per heavy atom. The summed E-state index contributed by atoms with van der Waals surface area (Å²) in [6.45, 7) is 0. The molecule has 1 aromatic carbocycles. The molecule has 0 amide bonds. The number of halogens is 4. The molecule has 2 unspecified atom stereocenters. The van der Waals surface area contributed by atoms with Gasteiger partial charge in [-0.25, -0.2) is 18.2 Å². The minimum Gasteiger partial charge on any atom is -0.593 e. The molecule has 0 bridgehead atoms. The maximum Gasteiger partial charge on any atom is 0.234 e. The summed E-state index contributed by atoms with van der Waals surface area (Å²) in [5.41, 5.74) is 5.35. The van der Waals surface area contributed by atoms with Crippen molar-refractivity contribution in [1.29, 1.82) is 5.26 Å². The number of pyridine rings is 1. The van der Waals surface area contributed by atoms with Crippen LogP contribution in [0.2, 0.25) is 5.02 Å². The van der Waals surface area contributed by atoms with Gasteiger partial charge < -0.3 is 10.3 Å². The summed E-state index contributed by atoms with van der Waals surface area (Å²) in [6.07, 6.45) is 2.06. The van der Waals surface area contributed by atoms with Crippen LogP contribution in [-0.4, -0.2) is 32.6 Å². The first kappa shape index (κ1) is 21.0. The van der Waals surface area contributed by atoms with Gasteiger partial charge in [0, 0.05) is 11.8 Å². The minimum atomic E-state index is -1.57. The van der Waals surface area contributed by atoms with Gasteiger partial charge in [-0.1, -0.05) is 11.6 Å². The topological polar surface area (TPSA) is 101 Å². The Balaban J connectivity index is 2.02. The fourth-order valence-electron chi connectivity index (χ4n) is 2.64. The Labute approximate surface area is 172 Å². The molecule has 0 saturated carbocycles. The molecule has 0 fully saturated rings. The van der Waals surface area contributed by atoms with Gasteiger partial charge in [-0.2, -0.15) is 9.57 Å². The normalized spacial score (nSPS) is 19.7. The van der Waals surface area contributed by atoms with Crippen molar-refractivity contribution < 1.29 is 17.7 Å². The SMILES string of the molecule is CN1C(N)=NC(c2cc(/C=C(\F)c3ncc(C#N)cc3Cl)cc(F)c2F)C[S+]1[O-]. The molecule has 150 valence electrons. The van der Waals surface area contributed by atoms with Crippen LogP contribution in [0.25, 0.3) is 11.9 Å². The van der Waals surface area contributed by atoms with Gasteiger partial charge in [-0.05, 0) is 29.8 Å². The number of benzene rings is 1. The van der Waals surface area contributed by atoms with Gasteiger partial charge in [-0.3, -0.25) is 4.98 Å². The van der Waals surface area contributed by atoms with E-state index in [1.807, 2.05) is 6.07 Å². The van der Waals surface area contributed by atoms with Gasteiger partial charge in [0.25, 0.3) is 0 Å². The number of guanidine groups is 1. The molecular weight excluding hydrogens is 427 g/mol. The number of nitrogens with two attached hydrogens (primary N) is 1. The average molecular weight is 440 g/mol. The lowest BCUT2D eigenvalue weighted by atomic mass is 10.0.